The largest absolute Gasteiger partial charge is 0.481 e. The average Bonchev–Trinajstić information content (AvgIpc) is 2.49. The summed E-state index contributed by atoms with van der Waals surface area (Å²) in [5, 5.41) is 8.86. The number of nitrogens with one attached hydrogen (secondary N) is 1. The fourth-order valence-electron chi connectivity index (χ4n) is 2.37. The van der Waals surface area contributed by atoms with E-state index in [1.807, 2.05) is 0 Å². The van der Waals surface area contributed by atoms with Gasteiger partial charge in [0.25, 0.3) is 11.9 Å². The van der Waals surface area contributed by atoms with Gasteiger partial charge in [0.05, 0.1) is 13.2 Å². The van der Waals surface area contributed by atoms with Crippen LogP contribution >= 0.6 is 0 Å². The van der Waals surface area contributed by atoms with Gasteiger partial charge in [-0.25, -0.2) is 0 Å². The maximum Gasteiger partial charge on any atom is 0.278 e. The number of rotatable bonds is 4. The quantitative estimate of drug-likeness (QED) is 0.575. The molecule has 1 fully saturated rings. The molecule has 3 heterocycles. The third kappa shape index (κ3) is 2.46. The molecule has 0 spiro atoms. The zero-order valence-electron chi connectivity index (χ0n) is 11.7. The molecule has 0 aromatic carbocycles. The van der Waals surface area contributed by atoms with Gasteiger partial charge < -0.3 is 29.6 Å². The van der Waals surface area contributed by atoms with Crippen molar-refractivity contribution < 1.29 is 24.1 Å². The Morgan fingerprint density at radius 2 is 2.36 bits per heavy atom. The molecular formula is C13H15N3O6. The van der Waals surface area contributed by atoms with E-state index >= 15 is 0 Å². The minimum Gasteiger partial charge on any atom is -0.481 e. The van der Waals surface area contributed by atoms with Crippen LogP contribution in [0.25, 0.3) is 0 Å². The van der Waals surface area contributed by atoms with Gasteiger partial charge in [0, 0.05) is 18.8 Å². The van der Waals surface area contributed by atoms with Crippen molar-refractivity contribution in [2.75, 3.05) is 32.0 Å². The zero-order chi connectivity index (χ0) is 15.7. The van der Waals surface area contributed by atoms with E-state index in [-0.39, 0.29) is 23.5 Å². The van der Waals surface area contributed by atoms with E-state index < -0.39 is 18.2 Å². The van der Waals surface area contributed by atoms with Crippen LogP contribution in [0.4, 0.5) is 0 Å². The van der Waals surface area contributed by atoms with Crippen LogP contribution < -0.4 is 15.6 Å². The van der Waals surface area contributed by atoms with E-state index in [2.05, 4.69) is 16.7 Å². The number of morpholine rings is 1. The molecule has 1 aromatic heterocycles. The molecule has 3 rings (SSSR count). The van der Waals surface area contributed by atoms with Gasteiger partial charge in [-0.3, -0.25) is 14.3 Å². The molecule has 118 valence electrons. The van der Waals surface area contributed by atoms with Crippen LogP contribution in [0.1, 0.15) is 10.5 Å². The monoisotopic (exact) mass is 309 g/mol. The Labute approximate surface area is 125 Å². The standard InChI is InChI=1S/C13H15N3O6/c1-8(17)21-7-22-12-9(18)2-3-16-11(12)13(19)15-4-5-20-6-10(15)14-16/h2-3,10,14,17H,1,4-7H2/t10-/m0/s1. The molecule has 1 aromatic rings. The van der Waals surface area contributed by atoms with Gasteiger partial charge in [0.2, 0.25) is 18.0 Å². The van der Waals surface area contributed by atoms with Crippen molar-refractivity contribution in [3.05, 3.63) is 40.7 Å². The number of hydrogen-bond donors (Lipinski definition) is 2. The van der Waals surface area contributed by atoms with Crippen LogP contribution in [0.2, 0.25) is 0 Å². The van der Waals surface area contributed by atoms with Crippen molar-refractivity contribution in [1.29, 1.82) is 0 Å². The molecule has 9 heteroatoms. The minimum atomic E-state index is -0.539. The van der Waals surface area contributed by atoms with Gasteiger partial charge in [-0.15, -0.1) is 0 Å². The summed E-state index contributed by atoms with van der Waals surface area (Å²) in [6.45, 7) is 3.92. The second-order valence-electron chi connectivity index (χ2n) is 4.75. The first-order valence-corrected chi connectivity index (χ1v) is 6.62. The van der Waals surface area contributed by atoms with Crippen LogP contribution in [0.5, 0.6) is 5.75 Å². The molecule has 1 saturated heterocycles. The highest BCUT2D eigenvalue weighted by Crippen LogP contribution is 2.22. The Morgan fingerprint density at radius 1 is 1.55 bits per heavy atom. The topological polar surface area (TPSA) is 102 Å². The number of pyridine rings is 1. The average molecular weight is 309 g/mol. The van der Waals surface area contributed by atoms with Crippen LogP contribution in [-0.2, 0) is 9.47 Å². The van der Waals surface area contributed by atoms with Gasteiger partial charge in [0.15, 0.2) is 5.69 Å². The molecule has 2 N–H and O–H groups in total. The number of aromatic nitrogens is 1. The number of ether oxygens (including phenoxy) is 3. The summed E-state index contributed by atoms with van der Waals surface area (Å²) in [5.41, 5.74) is 2.69. The van der Waals surface area contributed by atoms with E-state index in [4.69, 9.17) is 14.6 Å². The van der Waals surface area contributed by atoms with Gasteiger partial charge in [-0.1, -0.05) is 0 Å². The Kier molecular flexibility index (Phi) is 3.63. The van der Waals surface area contributed by atoms with E-state index in [1.54, 1.807) is 4.90 Å². The second kappa shape index (κ2) is 5.60. The molecule has 1 amide bonds. The first-order valence-electron chi connectivity index (χ1n) is 6.62. The summed E-state index contributed by atoms with van der Waals surface area (Å²) in [4.78, 5) is 26.2. The molecule has 0 radical (unpaired) electrons. The Balaban J connectivity index is 1.93. The number of amides is 1. The van der Waals surface area contributed by atoms with Crippen molar-refractivity contribution in [3.63, 3.8) is 0 Å². The Morgan fingerprint density at radius 3 is 3.14 bits per heavy atom. The highest BCUT2D eigenvalue weighted by molar-refractivity contribution is 5.96. The summed E-state index contributed by atoms with van der Waals surface area (Å²) in [6, 6.07) is 1.27. The number of aliphatic hydroxyl groups is 1. The third-order valence-corrected chi connectivity index (χ3v) is 3.36. The number of aliphatic hydroxyl groups excluding tert-OH is 1. The molecule has 0 bridgehead atoms. The lowest BCUT2D eigenvalue weighted by atomic mass is 10.2. The summed E-state index contributed by atoms with van der Waals surface area (Å²) < 4.78 is 16.6. The Hall–Kier alpha value is -2.68. The highest BCUT2D eigenvalue weighted by Gasteiger charge is 2.36. The van der Waals surface area contributed by atoms with Crippen molar-refractivity contribution in [3.8, 4) is 5.75 Å². The normalized spacial score (nSPS) is 19.7. The van der Waals surface area contributed by atoms with Gasteiger partial charge in [-0.05, 0) is 6.58 Å². The summed E-state index contributed by atoms with van der Waals surface area (Å²) in [6.07, 6.45) is 1.16. The Bertz CT molecular complexity index is 670. The van der Waals surface area contributed by atoms with Crippen molar-refractivity contribution >= 4 is 5.91 Å². The number of carbonyl (C=O) groups is 1. The maximum absolute atomic E-state index is 12.6. The maximum atomic E-state index is 12.6. The molecule has 22 heavy (non-hydrogen) atoms. The predicted molar refractivity (Wildman–Crippen MR) is 74.1 cm³/mol. The summed E-state index contributed by atoms with van der Waals surface area (Å²) in [5.74, 6) is -1.02. The van der Waals surface area contributed by atoms with Crippen molar-refractivity contribution in [2.45, 2.75) is 6.17 Å². The lowest BCUT2D eigenvalue weighted by Gasteiger charge is -2.41. The van der Waals surface area contributed by atoms with E-state index in [1.165, 1.54) is 16.9 Å². The first kappa shape index (κ1) is 14.3. The molecule has 0 saturated carbocycles. The fraction of sp³-hybridized carbons (Fsp3) is 0.385. The van der Waals surface area contributed by atoms with E-state index in [0.29, 0.717) is 19.8 Å². The molecule has 2 aliphatic rings. The van der Waals surface area contributed by atoms with Crippen LogP contribution in [0, 0.1) is 0 Å². The fourth-order valence-corrected chi connectivity index (χ4v) is 2.37. The predicted octanol–water partition coefficient (Wildman–Crippen LogP) is -0.414. The van der Waals surface area contributed by atoms with E-state index in [0.717, 1.165) is 0 Å². The minimum absolute atomic E-state index is 0.0813. The van der Waals surface area contributed by atoms with Crippen LogP contribution in [0.3, 0.4) is 0 Å². The lowest BCUT2D eigenvalue weighted by molar-refractivity contribution is -0.00736. The molecule has 9 nitrogen and oxygen atoms in total. The van der Waals surface area contributed by atoms with Crippen LogP contribution in [0.15, 0.2) is 29.6 Å². The van der Waals surface area contributed by atoms with Gasteiger partial charge >= 0.3 is 0 Å². The van der Waals surface area contributed by atoms with E-state index in [9.17, 15) is 9.59 Å². The first-order chi connectivity index (χ1) is 10.6. The zero-order valence-corrected chi connectivity index (χ0v) is 11.7. The number of nitrogens with zero attached hydrogens (tertiary/aromatic N) is 2. The molecular weight excluding hydrogens is 294 g/mol. The van der Waals surface area contributed by atoms with Crippen molar-refractivity contribution in [2.24, 2.45) is 0 Å². The van der Waals surface area contributed by atoms with Crippen molar-refractivity contribution in [1.82, 2.24) is 9.58 Å². The van der Waals surface area contributed by atoms with Gasteiger partial charge in [-0.2, -0.15) is 0 Å². The molecule has 0 aliphatic carbocycles. The second-order valence-corrected chi connectivity index (χ2v) is 4.75. The number of carbonyl (C=O) groups excluding carboxylic acids is 1. The lowest BCUT2D eigenvalue weighted by Crippen LogP contribution is -2.59. The van der Waals surface area contributed by atoms with Gasteiger partial charge in [0.1, 0.15) is 6.17 Å². The molecule has 1 atom stereocenters. The number of fused-ring (bicyclic) bond motifs is 2. The molecule has 2 aliphatic heterocycles. The highest BCUT2D eigenvalue weighted by atomic mass is 16.7. The molecule has 0 unspecified atom stereocenters. The SMILES string of the molecule is C=C(O)OCOc1c2n(ccc1=O)N[C@@H]1COCCN1C2=O. The smallest absolute Gasteiger partial charge is 0.278 e. The summed E-state index contributed by atoms with van der Waals surface area (Å²) >= 11 is 0. The summed E-state index contributed by atoms with van der Waals surface area (Å²) in [7, 11) is 0. The number of hydrogen-bond acceptors (Lipinski definition) is 7. The third-order valence-electron chi connectivity index (χ3n) is 3.36. The van der Waals surface area contributed by atoms with Crippen LogP contribution in [-0.4, -0.2) is 53.3 Å².